The van der Waals surface area contributed by atoms with E-state index in [9.17, 15) is 10.1 Å². The number of non-ortho nitro benzene ring substituents is 1. The van der Waals surface area contributed by atoms with Crippen molar-refractivity contribution in [1.29, 1.82) is 0 Å². The molecule has 1 aliphatic heterocycles. The van der Waals surface area contributed by atoms with Crippen LogP contribution in [-0.4, -0.2) is 11.1 Å². The summed E-state index contributed by atoms with van der Waals surface area (Å²) in [5.41, 5.74) is 7.61. The van der Waals surface area contributed by atoms with Gasteiger partial charge in [-0.15, -0.1) is 0 Å². The highest BCUT2D eigenvalue weighted by molar-refractivity contribution is 6.30. The number of nitrogens with one attached hydrogen (secondary N) is 1. The highest BCUT2D eigenvalue weighted by Crippen LogP contribution is 2.50. The fourth-order valence-electron chi connectivity index (χ4n) is 5.58. The normalized spacial score (nSPS) is 19.2. The third-order valence-corrected chi connectivity index (χ3v) is 7.87. The molecule has 0 bridgehead atoms. The van der Waals surface area contributed by atoms with Gasteiger partial charge in [0.15, 0.2) is 0 Å². The number of hydrogen-bond acceptors (Lipinski definition) is 5. The average Bonchev–Trinajstić information content (AvgIpc) is 3.46. The molecule has 0 amide bonds. The summed E-state index contributed by atoms with van der Waals surface area (Å²) in [6, 6.07) is 27.0. The number of benzene rings is 4. The number of ether oxygens (including phenoxy) is 1. The van der Waals surface area contributed by atoms with Crippen molar-refractivity contribution in [2.24, 2.45) is 10.9 Å². The number of anilines is 1. The number of rotatable bonds is 7. The minimum absolute atomic E-state index is 0.0491. The minimum Gasteiger partial charge on any atom is -0.488 e. The summed E-state index contributed by atoms with van der Waals surface area (Å²) in [5, 5.41) is 15.3. The Morgan fingerprint density at radius 1 is 1.05 bits per heavy atom. The van der Waals surface area contributed by atoms with Gasteiger partial charge in [0, 0.05) is 40.5 Å². The zero-order valence-electron chi connectivity index (χ0n) is 22.0. The van der Waals surface area contributed by atoms with Crippen LogP contribution in [0.1, 0.15) is 46.2 Å². The molecule has 40 heavy (non-hydrogen) atoms. The lowest BCUT2D eigenvalue weighted by molar-refractivity contribution is -0.384. The van der Waals surface area contributed by atoms with Crippen LogP contribution < -0.4 is 10.1 Å². The van der Waals surface area contributed by atoms with Crippen molar-refractivity contribution in [3.63, 3.8) is 0 Å². The van der Waals surface area contributed by atoms with Crippen molar-refractivity contribution in [2.75, 3.05) is 5.32 Å². The van der Waals surface area contributed by atoms with Crippen LogP contribution in [0.15, 0.2) is 102 Å². The molecule has 0 saturated carbocycles. The average molecular weight is 550 g/mol. The first-order valence-electron chi connectivity index (χ1n) is 13.3. The molecule has 0 unspecified atom stereocenters. The minimum atomic E-state index is -0.418. The van der Waals surface area contributed by atoms with Crippen molar-refractivity contribution >= 4 is 34.9 Å². The number of nitrogens with zero attached hydrogens (tertiary/aromatic N) is 2. The number of hydrogen-bond donors (Lipinski definition) is 1. The number of aliphatic imine (C=N–C) groups is 1. The molecule has 0 saturated heterocycles. The molecule has 0 aromatic heterocycles. The van der Waals surface area contributed by atoms with Crippen LogP contribution in [0.3, 0.4) is 0 Å². The van der Waals surface area contributed by atoms with E-state index in [1.54, 1.807) is 30.5 Å². The Labute approximate surface area is 238 Å². The van der Waals surface area contributed by atoms with Crippen molar-refractivity contribution in [3.05, 3.63) is 140 Å². The lowest BCUT2D eigenvalue weighted by Crippen LogP contribution is -2.29. The van der Waals surface area contributed by atoms with E-state index in [0.29, 0.717) is 22.6 Å². The first-order valence-corrected chi connectivity index (χ1v) is 13.7. The predicted octanol–water partition coefficient (Wildman–Crippen LogP) is 8.71. The summed E-state index contributed by atoms with van der Waals surface area (Å²) in [7, 11) is 0. The molecule has 4 aromatic rings. The summed E-state index contributed by atoms with van der Waals surface area (Å²) in [6.45, 7) is 2.42. The standard InChI is InChI=1S/C33H28ClN3O3/c1-21-5-15-31-30(17-21)28-3-2-4-29(28)33(36-31)23-8-11-26(12-9-23)35-19-24-18-25(34)10-16-32(24)40-20-22-6-13-27(14-7-22)37(38)39/h2-3,5-19,28-29,33,36H,4,20H2,1H3/t28-,29-,33-/m1/s1. The number of fused-ring (bicyclic) bond motifs is 3. The largest absolute Gasteiger partial charge is 0.488 e. The molecule has 1 aliphatic carbocycles. The van der Waals surface area contributed by atoms with Gasteiger partial charge in [-0.2, -0.15) is 0 Å². The molecule has 6 nitrogen and oxygen atoms in total. The zero-order valence-corrected chi connectivity index (χ0v) is 22.7. The van der Waals surface area contributed by atoms with E-state index in [1.165, 1.54) is 34.5 Å². The topological polar surface area (TPSA) is 76.8 Å². The number of halogens is 1. The van der Waals surface area contributed by atoms with E-state index in [-0.39, 0.29) is 18.3 Å². The molecule has 0 spiro atoms. The predicted molar refractivity (Wildman–Crippen MR) is 160 cm³/mol. The van der Waals surface area contributed by atoms with Gasteiger partial charge in [-0.25, -0.2) is 0 Å². The first kappa shape index (κ1) is 25.8. The third kappa shape index (κ3) is 5.36. The Kier molecular flexibility index (Phi) is 7.10. The summed E-state index contributed by atoms with van der Waals surface area (Å²) in [5.74, 6) is 1.56. The second kappa shape index (κ2) is 11.0. The maximum Gasteiger partial charge on any atom is 0.269 e. The summed E-state index contributed by atoms with van der Waals surface area (Å²) in [4.78, 5) is 15.2. The van der Waals surface area contributed by atoms with Crippen LogP contribution in [-0.2, 0) is 6.61 Å². The molecule has 200 valence electrons. The Bertz CT molecular complexity index is 1610. The number of nitro benzene ring substituents is 1. The molecule has 7 heteroatoms. The van der Waals surface area contributed by atoms with Gasteiger partial charge in [-0.1, -0.05) is 53.6 Å². The molecule has 0 fully saturated rings. The summed E-state index contributed by atoms with van der Waals surface area (Å²) in [6.07, 6.45) is 7.49. The van der Waals surface area contributed by atoms with Crippen LogP contribution in [0.25, 0.3) is 0 Å². The van der Waals surface area contributed by atoms with E-state index in [4.69, 9.17) is 21.3 Å². The lowest BCUT2D eigenvalue weighted by Gasteiger charge is -2.37. The molecule has 2 aliphatic rings. The smallest absolute Gasteiger partial charge is 0.269 e. The van der Waals surface area contributed by atoms with Crippen molar-refractivity contribution in [2.45, 2.75) is 31.9 Å². The van der Waals surface area contributed by atoms with E-state index in [1.807, 2.05) is 18.2 Å². The number of aryl methyl sites for hydroxylation is 1. The van der Waals surface area contributed by atoms with Crippen LogP contribution in [0.2, 0.25) is 5.02 Å². The number of allylic oxidation sites excluding steroid dienone is 2. The first-order chi connectivity index (χ1) is 19.4. The monoisotopic (exact) mass is 549 g/mol. The van der Waals surface area contributed by atoms with Gasteiger partial charge in [-0.3, -0.25) is 15.1 Å². The van der Waals surface area contributed by atoms with Gasteiger partial charge in [-0.05, 0) is 84.5 Å². The molecule has 1 N–H and O–H groups in total. The van der Waals surface area contributed by atoms with Crippen LogP contribution in [0.5, 0.6) is 5.75 Å². The van der Waals surface area contributed by atoms with Gasteiger partial charge in [0.25, 0.3) is 5.69 Å². The fraction of sp³-hybridized carbons (Fsp3) is 0.182. The molecule has 0 radical (unpaired) electrons. The highest BCUT2D eigenvalue weighted by Gasteiger charge is 2.37. The third-order valence-electron chi connectivity index (χ3n) is 7.64. The van der Waals surface area contributed by atoms with Crippen molar-refractivity contribution < 1.29 is 9.66 Å². The van der Waals surface area contributed by atoms with Crippen molar-refractivity contribution in [3.8, 4) is 5.75 Å². The SMILES string of the molecule is Cc1ccc2c(c1)[C@@H]1C=CC[C@H]1[C@@H](c1ccc(N=Cc3cc(Cl)ccc3OCc3ccc([N+](=O)[O-])cc3)cc1)N2. The Hall–Kier alpha value is -4.42. The van der Waals surface area contributed by atoms with Crippen LogP contribution >= 0.6 is 11.6 Å². The van der Waals surface area contributed by atoms with Gasteiger partial charge in [0.2, 0.25) is 0 Å². The maximum absolute atomic E-state index is 10.9. The molecular formula is C33H28ClN3O3. The van der Waals surface area contributed by atoms with Crippen LogP contribution in [0.4, 0.5) is 17.1 Å². The van der Waals surface area contributed by atoms with E-state index in [0.717, 1.165) is 23.2 Å². The number of nitro groups is 1. The van der Waals surface area contributed by atoms with Crippen molar-refractivity contribution in [1.82, 2.24) is 0 Å². The Balaban J connectivity index is 1.17. The van der Waals surface area contributed by atoms with Gasteiger partial charge >= 0.3 is 0 Å². The fourth-order valence-corrected chi connectivity index (χ4v) is 5.76. The van der Waals surface area contributed by atoms with E-state index in [2.05, 4.69) is 54.7 Å². The van der Waals surface area contributed by atoms with E-state index < -0.39 is 4.92 Å². The Morgan fingerprint density at radius 3 is 2.62 bits per heavy atom. The highest BCUT2D eigenvalue weighted by atomic mass is 35.5. The Morgan fingerprint density at radius 2 is 1.85 bits per heavy atom. The molecule has 1 heterocycles. The summed E-state index contributed by atoms with van der Waals surface area (Å²) >= 11 is 6.27. The molecule has 3 atom stereocenters. The second-order valence-electron chi connectivity index (χ2n) is 10.3. The van der Waals surface area contributed by atoms with Gasteiger partial charge < -0.3 is 10.1 Å². The van der Waals surface area contributed by atoms with E-state index >= 15 is 0 Å². The quantitative estimate of drug-likeness (QED) is 0.108. The lowest BCUT2D eigenvalue weighted by atomic mass is 9.76. The van der Waals surface area contributed by atoms with Gasteiger partial charge in [0.05, 0.1) is 16.7 Å². The summed E-state index contributed by atoms with van der Waals surface area (Å²) < 4.78 is 6.01. The second-order valence-corrected chi connectivity index (χ2v) is 10.7. The zero-order chi connectivity index (χ0) is 27.6. The van der Waals surface area contributed by atoms with Crippen LogP contribution in [0, 0.1) is 23.0 Å². The molecule has 4 aromatic carbocycles. The van der Waals surface area contributed by atoms with Gasteiger partial charge in [0.1, 0.15) is 12.4 Å². The maximum atomic E-state index is 10.9. The molecular weight excluding hydrogens is 522 g/mol. The molecule has 6 rings (SSSR count).